The van der Waals surface area contributed by atoms with E-state index in [1.807, 2.05) is 42.5 Å². The number of fused-ring (bicyclic) bond motifs is 1. The summed E-state index contributed by atoms with van der Waals surface area (Å²) in [7, 11) is 3.19. The van der Waals surface area contributed by atoms with E-state index >= 15 is 0 Å². The highest BCUT2D eigenvalue weighted by atomic mass is 32.1. The van der Waals surface area contributed by atoms with Gasteiger partial charge in [0.25, 0.3) is 5.91 Å². The predicted octanol–water partition coefficient (Wildman–Crippen LogP) is 3.07. The SMILES string of the molecule is CN(C)C(=O)Nc1snc(OCc2ccc3ccccc3c2)c1C(N)=O. The first-order valence-electron chi connectivity index (χ1n) is 7.84. The average Bonchev–Trinajstić information content (AvgIpc) is 3.02. The van der Waals surface area contributed by atoms with Gasteiger partial charge >= 0.3 is 6.03 Å². The van der Waals surface area contributed by atoms with E-state index in [9.17, 15) is 9.59 Å². The van der Waals surface area contributed by atoms with Gasteiger partial charge in [0.15, 0.2) is 0 Å². The summed E-state index contributed by atoms with van der Waals surface area (Å²) in [6.45, 7) is 0.232. The molecular weight excluding hydrogens is 352 g/mol. The van der Waals surface area contributed by atoms with E-state index in [0.29, 0.717) is 0 Å². The van der Waals surface area contributed by atoms with Gasteiger partial charge in [-0.05, 0) is 33.9 Å². The van der Waals surface area contributed by atoms with Crippen molar-refractivity contribution in [3.8, 4) is 5.88 Å². The number of carbonyl (C=O) groups is 2. The minimum atomic E-state index is -0.707. The lowest BCUT2D eigenvalue weighted by Gasteiger charge is -2.11. The first kappa shape index (κ1) is 17.7. The number of nitrogens with two attached hydrogens (primary N) is 1. The minimum Gasteiger partial charge on any atom is -0.472 e. The first-order valence-corrected chi connectivity index (χ1v) is 8.61. The van der Waals surface area contributed by atoms with Gasteiger partial charge in [-0.1, -0.05) is 36.4 Å². The molecule has 3 N–H and O–H groups in total. The Kier molecular flexibility index (Phi) is 5.04. The first-order chi connectivity index (χ1) is 12.5. The Morgan fingerprint density at radius 3 is 2.62 bits per heavy atom. The Balaban J connectivity index is 1.79. The summed E-state index contributed by atoms with van der Waals surface area (Å²) in [5.41, 5.74) is 6.45. The van der Waals surface area contributed by atoms with Crippen molar-refractivity contribution in [1.82, 2.24) is 9.27 Å². The number of aromatic nitrogens is 1. The topological polar surface area (TPSA) is 97.6 Å². The van der Waals surface area contributed by atoms with Crippen molar-refractivity contribution in [3.05, 3.63) is 53.6 Å². The van der Waals surface area contributed by atoms with E-state index in [2.05, 4.69) is 9.69 Å². The van der Waals surface area contributed by atoms with Crippen LogP contribution in [0.15, 0.2) is 42.5 Å². The number of nitrogens with one attached hydrogen (secondary N) is 1. The van der Waals surface area contributed by atoms with Crippen molar-refractivity contribution in [1.29, 1.82) is 0 Å². The van der Waals surface area contributed by atoms with Crippen LogP contribution in [0.4, 0.5) is 9.80 Å². The molecule has 7 nitrogen and oxygen atoms in total. The zero-order chi connectivity index (χ0) is 18.7. The molecule has 0 aliphatic rings. The number of urea groups is 1. The Morgan fingerprint density at radius 2 is 1.92 bits per heavy atom. The van der Waals surface area contributed by atoms with Gasteiger partial charge in [0.1, 0.15) is 17.2 Å². The number of primary amides is 1. The molecule has 1 heterocycles. The van der Waals surface area contributed by atoms with Crippen molar-refractivity contribution < 1.29 is 14.3 Å². The van der Waals surface area contributed by atoms with Crippen LogP contribution in [0.1, 0.15) is 15.9 Å². The van der Waals surface area contributed by atoms with Crippen LogP contribution in [0.25, 0.3) is 10.8 Å². The number of hydrogen-bond acceptors (Lipinski definition) is 5. The molecule has 3 amide bonds. The summed E-state index contributed by atoms with van der Waals surface area (Å²) >= 11 is 0.953. The summed E-state index contributed by atoms with van der Waals surface area (Å²) in [5.74, 6) is -0.592. The van der Waals surface area contributed by atoms with Crippen LogP contribution in [0.3, 0.4) is 0 Å². The summed E-state index contributed by atoms with van der Waals surface area (Å²) in [5, 5.41) is 5.10. The number of carbonyl (C=O) groups excluding carboxylic acids is 2. The molecule has 2 aromatic carbocycles. The Morgan fingerprint density at radius 1 is 1.19 bits per heavy atom. The zero-order valence-corrected chi connectivity index (χ0v) is 15.2. The lowest BCUT2D eigenvalue weighted by atomic mass is 10.1. The minimum absolute atomic E-state index is 0.0750. The Bertz CT molecular complexity index is 968. The average molecular weight is 370 g/mol. The highest BCUT2D eigenvalue weighted by Gasteiger charge is 2.22. The third-order valence-electron chi connectivity index (χ3n) is 3.72. The fourth-order valence-corrected chi connectivity index (χ4v) is 3.10. The molecule has 0 saturated heterocycles. The van der Waals surface area contributed by atoms with Crippen molar-refractivity contribution >= 4 is 39.2 Å². The maximum Gasteiger partial charge on any atom is 0.321 e. The predicted molar refractivity (Wildman–Crippen MR) is 102 cm³/mol. The summed E-state index contributed by atoms with van der Waals surface area (Å²) in [6, 6.07) is 13.6. The second kappa shape index (κ2) is 7.40. The highest BCUT2D eigenvalue weighted by Crippen LogP contribution is 2.31. The number of amides is 3. The second-order valence-electron chi connectivity index (χ2n) is 5.85. The molecule has 8 heteroatoms. The van der Waals surface area contributed by atoms with Gasteiger partial charge in [0.05, 0.1) is 0 Å². The number of nitrogens with zero attached hydrogens (tertiary/aromatic N) is 2. The molecule has 0 atom stereocenters. The number of rotatable bonds is 5. The summed E-state index contributed by atoms with van der Waals surface area (Å²) < 4.78 is 9.80. The van der Waals surface area contributed by atoms with Crippen molar-refractivity contribution in [2.24, 2.45) is 5.73 Å². The third kappa shape index (κ3) is 3.75. The van der Waals surface area contributed by atoms with E-state index in [0.717, 1.165) is 27.9 Å². The van der Waals surface area contributed by atoms with E-state index in [4.69, 9.17) is 10.5 Å². The van der Waals surface area contributed by atoms with E-state index in [-0.39, 0.29) is 29.1 Å². The largest absolute Gasteiger partial charge is 0.472 e. The van der Waals surface area contributed by atoms with Gasteiger partial charge in [0, 0.05) is 14.1 Å². The van der Waals surface area contributed by atoms with Crippen LogP contribution in [0.5, 0.6) is 5.88 Å². The number of ether oxygens (including phenoxy) is 1. The second-order valence-corrected chi connectivity index (χ2v) is 6.62. The zero-order valence-electron chi connectivity index (χ0n) is 14.4. The summed E-state index contributed by atoms with van der Waals surface area (Å²) in [4.78, 5) is 24.9. The van der Waals surface area contributed by atoms with Crippen molar-refractivity contribution in [3.63, 3.8) is 0 Å². The van der Waals surface area contributed by atoms with Crippen molar-refractivity contribution in [2.45, 2.75) is 6.61 Å². The van der Waals surface area contributed by atoms with Crippen LogP contribution in [-0.2, 0) is 6.61 Å². The number of anilines is 1. The Labute approximate surface area is 154 Å². The number of benzene rings is 2. The smallest absolute Gasteiger partial charge is 0.321 e. The van der Waals surface area contributed by atoms with E-state index in [1.165, 1.54) is 4.90 Å². The van der Waals surface area contributed by atoms with Crippen LogP contribution in [0.2, 0.25) is 0 Å². The molecule has 134 valence electrons. The molecule has 0 unspecified atom stereocenters. The van der Waals surface area contributed by atoms with Crippen LogP contribution < -0.4 is 15.8 Å². The molecule has 0 bridgehead atoms. The molecule has 0 aliphatic heterocycles. The van der Waals surface area contributed by atoms with Gasteiger partial charge in [-0.15, -0.1) is 0 Å². The maximum atomic E-state index is 11.8. The van der Waals surface area contributed by atoms with Gasteiger partial charge < -0.3 is 15.4 Å². The van der Waals surface area contributed by atoms with Crippen LogP contribution in [-0.4, -0.2) is 35.3 Å². The molecule has 3 aromatic rings. The number of hydrogen-bond donors (Lipinski definition) is 2. The molecule has 0 saturated carbocycles. The summed E-state index contributed by atoms with van der Waals surface area (Å²) in [6.07, 6.45) is 0. The molecule has 1 aromatic heterocycles. The van der Waals surface area contributed by atoms with E-state index in [1.54, 1.807) is 14.1 Å². The third-order valence-corrected chi connectivity index (χ3v) is 4.47. The van der Waals surface area contributed by atoms with Crippen LogP contribution in [0, 0.1) is 0 Å². The molecule has 0 radical (unpaired) electrons. The molecule has 3 rings (SSSR count). The monoisotopic (exact) mass is 370 g/mol. The molecule has 0 aliphatic carbocycles. The van der Waals surface area contributed by atoms with E-state index < -0.39 is 5.91 Å². The lowest BCUT2D eigenvalue weighted by Crippen LogP contribution is -2.28. The fraction of sp³-hybridized carbons (Fsp3) is 0.167. The molecular formula is C18H18N4O3S. The van der Waals surface area contributed by atoms with Crippen LogP contribution >= 0.6 is 11.5 Å². The maximum absolute atomic E-state index is 11.8. The Hall–Kier alpha value is -3.13. The molecule has 0 spiro atoms. The quantitative estimate of drug-likeness (QED) is 0.721. The van der Waals surface area contributed by atoms with Gasteiger partial charge in [-0.2, -0.15) is 4.37 Å². The molecule has 26 heavy (non-hydrogen) atoms. The highest BCUT2D eigenvalue weighted by molar-refractivity contribution is 7.11. The lowest BCUT2D eigenvalue weighted by molar-refractivity contribution is 0.0996. The molecule has 0 fully saturated rings. The fourth-order valence-electron chi connectivity index (χ4n) is 2.37. The van der Waals surface area contributed by atoms with Gasteiger partial charge in [0.2, 0.25) is 5.88 Å². The normalized spacial score (nSPS) is 10.5. The van der Waals surface area contributed by atoms with Crippen molar-refractivity contribution in [2.75, 3.05) is 19.4 Å². The van der Waals surface area contributed by atoms with Gasteiger partial charge in [-0.3, -0.25) is 10.1 Å². The van der Waals surface area contributed by atoms with Gasteiger partial charge in [-0.25, -0.2) is 4.79 Å². The standard InChI is InChI=1S/C18H18N4O3S/c1-22(2)18(24)20-17-14(15(19)23)16(21-26-17)25-10-11-7-8-12-5-3-4-6-13(12)9-11/h3-9H,10H2,1-2H3,(H2,19,23)(H,20,24).